The van der Waals surface area contributed by atoms with E-state index in [1.54, 1.807) is 0 Å². The first-order chi connectivity index (χ1) is 37.2. The number of nitrogens with zero attached hydrogens (tertiary/aromatic N) is 6. The molecule has 0 bridgehead atoms. The van der Waals surface area contributed by atoms with Gasteiger partial charge in [-0.1, -0.05) is 194 Å². The second-order valence-corrected chi connectivity index (χ2v) is 19.2. The molecule has 75 heavy (non-hydrogen) atoms. The van der Waals surface area contributed by atoms with Crippen molar-refractivity contribution in [1.82, 2.24) is 28.7 Å². The molecule has 4 aromatic heterocycles. The second-order valence-electron chi connectivity index (χ2n) is 19.2. The number of benzene rings is 11. The highest BCUT2D eigenvalue weighted by Gasteiger charge is 2.22. The molecule has 6 heteroatoms. The third-order valence-electron chi connectivity index (χ3n) is 14.9. The normalized spacial score (nSPS) is 11.7. The summed E-state index contributed by atoms with van der Waals surface area (Å²) in [5, 5.41) is 7.27. The van der Waals surface area contributed by atoms with Gasteiger partial charge in [-0.2, -0.15) is 0 Å². The molecular formula is C69H44N6. The van der Waals surface area contributed by atoms with E-state index < -0.39 is 0 Å². The van der Waals surface area contributed by atoms with Gasteiger partial charge in [-0.15, -0.1) is 0 Å². The van der Waals surface area contributed by atoms with Crippen LogP contribution in [0.1, 0.15) is 0 Å². The average Bonchev–Trinajstić information content (AvgIpc) is 4.13. The summed E-state index contributed by atoms with van der Waals surface area (Å²) < 4.78 is 7.31. The Bertz CT molecular complexity index is 4590. The molecule has 0 amide bonds. The Morgan fingerprint density at radius 3 is 1.19 bits per heavy atom. The molecule has 0 fully saturated rings. The van der Waals surface area contributed by atoms with Crippen LogP contribution < -0.4 is 0 Å². The summed E-state index contributed by atoms with van der Waals surface area (Å²) in [5.41, 5.74) is 17.5. The minimum absolute atomic E-state index is 0.617. The van der Waals surface area contributed by atoms with E-state index in [1.807, 2.05) is 60.7 Å². The molecule has 4 heterocycles. The molecule has 0 radical (unpaired) electrons. The molecule has 6 nitrogen and oxygen atoms in total. The number of hydrogen-bond donors (Lipinski definition) is 0. The lowest BCUT2D eigenvalue weighted by molar-refractivity contribution is 1.07. The van der Waals surface area contributed by atoms with Crippen molar-refractivity contribution in [1.29, 1.82) is 0 Å². The van der Waals surface area contributed by atoms with Crippen LogP contribution in [0.15, 0.2) is 267 Å². The van der Waals surface area contributed by atoms with Crippen molar-refractivity contribution in [3.63, 3.8) is 0 Å². The van der Waals surface area contributed by atoms with Crippen molar-refractivity contribution in [3.8, 4) is 73.5 Å². The van der Waals surface area contributed by atoms with Gasteiger partial charge in [-0.05, 0) is 95.1 Å². The van der Waals surface area contributed by atoms with Gasteiger partial charge in [0.2, 0.25) is 0 Å². The Morgan fingerprint density at radius 2 is 0.587 bits per heavy atom. The maximum atomic E-state index is 5.11. The van der Waals surface area contributed by atoms with Crippen molar-refractivity contribution in [2.45, 2.75) is 0 Å². The molecule has 0 spiro atoms. The van der Waals surface area contributed by atoms with Gasteiger partial charge in [0.25, 0.3) is 0 Å². The fraction of sp³-hybridized carbons (Fsp3) is 0. The van der Waals surface area contributed by atoms with Crippen LogP contribution in [0.5, 0.6) is 0 Å². The Kier molecular flexibility index (Phi) is 9.78. The van der Waals surface area contributed by atoms with Gasteiger partial charge >= 0.3 is 0 Å². The van der Waals surface area contributed by atoms with Crippen LogP contribution in [0, 0.1) is 0 Å². The highest BCUT2D eigenvalue weighted by atomic mass is 15.1. The number of aromatic nitrogens is 6. The quantitative estimate of drug-likeness (QED) is 0.152. The standard InChI is InChI=1S/C69H44N6/c1-4-19-45(20-5-1)67-70-68(46-21-6-2-7-22-46)72-69(71-67)51-24-18-23-47(41-51)50-37-40-64(66(44-50)74-60-32-15-10-27-53(60)54-28-11-16-33-61(54)74)75-62-34-17-12-29-55(62)57-38-35-49(43-65(57)75)48-36-39-63-58(42-48)56-30-13-14-31-59(56)73(63)52-25-8-3-9-26-52/h1-44H. The minimum Gasteiger partial charge on any atom is -0.309 e. The predicted octanol–water partition coefficient (Wildman–Crippen LogP) is 17.5. The molecule has 0 N–H and O–H groups in total. The molecule has 0 aliphatic heterocycles. The summed E-state index contributed by atoms with van der Waals surface area (Å²) in [6, 6.07) is 95.6. The van der Waals surface area contributed by atoms with Crippen LogP contribution in [0.4, 0.5) is 0 Å². The average molecular weight is 957 g/mol. The van der Waals surface area contributed by atoms with Gasteiger partial charge in [-0.3, -0.25) is 0 Å². The summed E-state index contributed by atoms with van der Waals surface area (Å²) in [7, 11) is 0. The third kappa shape index (κ3) is 6.99. The van der Waals surface area contributed by atoms with Crippen molar-refractivity contribution < 1.29 is 0 Å². The van der Waals surface area contributed by atoms with E-state index in [4.69, 9.17) is 15.0 Å². The molecule has 0 atom stereocenters. The highest BCUT2D eigenvalue weighted by molar-refractivity contribution is 6.14. The van der Waals surface area contributed by atoms with Gasteiger partial charge in [0.1, 0.15) is 0 Å². The molecular weight excluding hydrogens is 913 g/mol. The fourth-order valence-electron chi connectivity index (χ4n) is 11.4. The van der Waals surface area contributed by atoms with E-state index in [2.05, 4.69) is 220 Å². The van der Waals surface area contributed by atoms with Crippen LogP contribution in [0.25, 0.3) is 139 Å². The molecule has 0 aliphatic rings. The molecule has 15 rings (SSSR count). The van der Waals surface area contributed by atoms with Crippen LogP contribution in [0.2, 0.25) is 0 Å². The summed E-state index contributed by atoms with van der Waals surface area (Å²) in [6.45, 7) is 0. The van der Waals surface area contributed by atoms with Gasteiger partial charge in [-0.25, -0.2) is 15.0 Å². The molecule has 0 aliphatic carbocycles. The number of fused-ring (bicyclic) bond motifs is 9. The zero-order chi connectivity index (χ0) is 49.4. The lowest BCUT2D eigenvalue weighted by atomic mass is 10.0. The largest absolute Gasteiger partial charge is 0.309 e. The minimum atomic E-state index is 0.617. The van der Waals surface area contributed by atoms with E-state index >= 15 is 0 Å². The van der Waals surface area contributed by atoms with Crippen molar-refractivity contribution in [2.75, 3.05) is 0 Å². The van der Waals surface area contributed by atoms with E-state index in [9.17, 15) is 0 Å². The van der Waals surface area contributed by atoms with Crippen LogP contribution in [-0.4, -0.2) is 28.7 Å². The lowest BCUT2D eigenvalue weighted by Crippen LogP contribution is -2.04. The zero-order valence-electron chi connectivity index (χ0n) is 40.6. The maximum absolute atomic E-state index is 5.11. The number of hydrogen-bond acceptors (Lipinski definition) is 3. The predicted molar refractivity (Wildman–Crippen MR) is 310 cm³/mol. The molecule has 15 aromatic rings. The number of rotatable bonds is 8. The first-order valence-corrected chi connectivity index (χ1v) is 25.4. The molecule has 0 unspecified atom stereocenters. The van der Waals surface area contributed by atoms with E-state index in [1.165, 1.54) is 48.9 Å². The van der Waals surface area contributed by atoms with E-state index in [-0.39, 0.29) is 0 Å². The van der Waals surface area contributed by atoms with Crippen LogP contribution in [-0.2, 0) is 0 Å². The molecule has 0 saturated carbocycles. The molecule has 11 aromatic carbocycles. The first-order valence-electron chi connectivity index (χ1n) is 25.4. The molecule has 350 valence electrons. The SMILES string of the molecule is c1ccc(-c2nc(-c3ccccc3)nc(-c3cccc(-c4ccc(-n5c6ccccc6c6ccc(-c7ccc8c(c7)c7ccccc7n8-c7ccccc7)cc65)c(-n5c6ccccc6c6ccccc65)c4)c3)n2)cc1. The van der Waals surface area contributed by atoms with E-state index in [0.29, 0.717) is 17.5 Å². The Morgan fingerprint density at radius 1 is 0.200 bits per heavy atom. The zero-order valence-corrected chi connectivity index (χ0v) is 40.6. The van der Waals surface area contributed by atoms with Gasteiger partial charge in [0, 0.05) is 54.7 Å². The van der Waals surface area contributed by atoms with Crippen molar-refractivity contribution in [2.24, 2.45) is 0 Å². The Balaban J connectivity index is 0.939. The Hall–Kier alpha value is -10.2. The van der Waals surface area contributed by atoms with Gasteiger partial charge in [0.15, 0.2) is 17.5 Å². The first kappa shape index (κ1) is 42.5. The highest BCUT2D eigenvalue weighted by Crippen LogP contribution is 2.42. The van der Waals surface area contributed by atoms with Gasteiger partial charge < -0.3 is 13.7 Å². The fourth-order valence-corrected chi connectivity index (χ4v) is 11.4. The second kappa shape index (κ2) is 17.3. The van der Waals surface area contributed by atoms with Crippen molar-refractivity contribution in [3.05, 3.63) is 267 Å². The topological polar surface area (TPSA) is 53.5 Å². The van der Waals surface area contributed by atoms with Crippen LogP contribution >= 0.6 is 0 Å². The monoisotopic (exact) mass is 956 g/mol. The van der Waals surface area contributed by atoms with Crippen LogP contribution in [0.3, 0.4) is 0 Å². The third-order valence-corrected chi connectivity index (χ3v) is 14.9. The maximum Gasteiger partial charge on any atom is 0.164 e. The van der Waals surface area contributed by atoms with Gasteiger partial charge in [0.05, 0.1) is 44.5 Å². The lowest BCUT2D eigenvalue weighted by Gasteiger charge is -2.19. The van der Waals surface area contributed by atoms with Crippen molar-refractivity contribution >= 4 is 65.4 Å². The van der Waals surface area contributed by atoms with E-state index in [0.717, 1.165) is 72.5 Å². The number of para-hydroxylation sites is 5. The molecule has 0 saturated heterocycles. The smallest absolute Gasteiger partial charge is 0.164 e. The Labute approximate surface area is 432 Å². The summed E-state index contributed by atoms with van der Waals surface area (Å²) in [6.07, 6.45) is 0. The summed E-state index contributed by atoms with van der Waals surface area (Å²) in [5.74, 6) is 1.88. The summed E-state index contributed by atoms with van der Waals surface area (Å²) >= 11 is 0. The summed E-state index contributed by atoms with van der Waals surface area (Å²) in [4.78, 5) is 15.2.